The SMILES string of the molecule is NCCc1c(C(=O)O)nnn1Cc1nc(N)nc(N)n1. The van der Waals surface area contributed by atoms with Crippen LogP contribution in [0.25, 0.3) is 0 Å². The van der Waals surface area contributed by atoms with Crippen LogP contribution < -0.4 is 17.2 Å². The molecule has 0 amide bonds. The average Bonchev–Trinajstić information content (AvgIpc) is 2.72. The van der Waals surface area contributed by atoms with Crippen molar-refractivity contribution in [3.05, 3.63) is 17.2 Å². The average molecular weight is 279 g/mol. The van der Waals surface area contributed by atoms with E-state index in [0.29, 0.717) is 12.1 Å². The number of aromatic nitrogens is 6. The first-order valence-electron chi connectivity index (χ1n) is 5.63. The molecule has 11 heteroatoms. The van der Waals surface area contributed by atoms with Crippen molar-refractivity contribution in [1.82, 2.24) is 29.9 Å². The molecule has 11 nitrogen and oxygen atoms in total. The zero-order valence-electron chi connectivity index (χ0n) is 10.4. The van der Waals surface area contributed by atoms with Gasteiger partial charge in [-0.3, -0.25) is 0 Å². The smallest absolute Gasteiger partial charge is 0.358 e. The van der Waals surface area contributed by atoms with Gasteiger partial charge in [-0.15, -0.1) is 5.10 Å². The monoisotopic (exact) mass is 279 g/mol. The number of rotatable bonds is 5. The van der Waals surface area contributed by atoms with E-state index in [1.54, 1.807) is 0 Å². The lowest BCUT2D eigenvalue weighted by Gasteiger charge is -2.06. The molecule has 0 radical (unpaired) electrons. The minimum Gasteiger partial charge on any atom is -0.476 e. The summed E-state index contributed by atoms with van der Waals surface area (Å²) in [6.45, 7) is 0.335. The number of hydrogen-bond donors (Lipinski definition) is 4. The molecule has 0 unspecified atom stereocenters. The van der Waals surface area contributed by atoms with Gasteiger partial charge in [0.25, 0.3) is 0 Å². The predicted octanol–water partition coefficient (Wildman–Crippen LogP) is -2.12. The first kappa shape index (κ1) is 13.6. The Labute approximate surface area is 112 Å². The van der Waals surface area contributed by atoms with Gasteiger partial charge in [-0.2, -0.15) is 15.0 Å². The quantitative estimate of drug-likeness (QED) is 0.471. The summed E-state index contributed by atoms with van der Waals surface area (Å²) in [6, 6.07) is 0. The van der Waals surface area contributed by atoms with Gasteiger partial charge in [-0.05, 0) is 6.54 Å². The Bertz CT molecular complexity index is 618. The summed E-state index contributed by atoms with van der Waals surface area (Å²) in [6.07, 6.45) is 0.310. The second kappa shape index (κ2) is 5.44. The maximum absolute atomic E-state index is 11.0. The topological polar surface area (TPSA) is 185 Å². The van der Waals surface area contributed by atoms with Gasteiger partial charge in [0.15, 0.2) is 11.5 Å². The van der Waals surface area contributed by atoms with E-state index in [1.807, 2.05) is 0 Å². The largest absolute Gasteiger partial charge is 0.476 e. The molecule has 7 N–H and O–H groups in total. The van der Waals surface area contributed by atoms with E-state index in [4.69, 9.17) is 22.3 Å². The summed E-state index contributed by atoms with van der Waals surface area (Å²) in [7, 11) is 0. The lowest BCUT2D eigenvalue weighted by atomic mass is 10.2. The van der Waals surface area contributed by atoms with E-state index in [9.17, 15) is 4.79 Å². The Kier molecular flexibility index (Phi) is 3.70. The molecule has 106 valence electrons. The molecule has 2 rings (SSSR count). The Hall–Kier alpha value is -2.82. The van der Waals surface area contributed by atoms with Gasteiger partial charge < -0.3 is 22.3 Å². The number of carboxylic acid groups (broad SMARTS) is 1. The molecule has 0 bridgehead atoms. The van der Waals surface area contributed by atoms with Crippen molar-refractivity contribution in [1.29, 1.82) is 0 Å². The molecule has 0 aliphatic carbocycles. The van der Waals surface area contributed by atoms with Crippen LogP contribution in [0.5, 0.6) is 0 Å². The third kappa shape index (κ3) is 2.77. The predicted molar refractivity (Wildman–Crippen MR) is 67.5 cm³/mol. The van der Waals surface area contributed by atoms with Crippen LogP contribution in [0, 0.1) is 0 Å². The van der Waals surface area contributed by atoms with E-state index in [1.165, 1.54) is 4.68 Å². The van der Waals surface area contributed by atoms with Crippen molar-refractivity contribution >= 4 is 17.9 Å². The number of nitrogens with zero attached hydrogens (tertiary/aromatic N) is 6. The fraction of sp³-hybridized carbons (Fsp3) is 0.333. The fourth-order valence-electron chi connectivity index (χ4n) is 1.67. The first-order chi connectivity index (χ1) is 9.51. The Morgan fingerprint density at radius 1 is 1.20 bits per heavy atom. The highest BCUT2D eigenvalue weighted by Crippen LogP contribution is 2.09. The molecule has 0 aromatic carbocycles. The summed E-state index contributed by atoms with van der Waals surface area (Å²) in [5, 5.41) is 16.4. The molecular formula is C9H13N9O2. The van der Waals surface area contributed by atoms with Gasteiger partial charge in [0.2, 0.25) is 11.9 Å². The van der Waals surface area contributed by atoms with Crippen LogP contribution in [-0.4, -0.2) is 47.6 Å². The van der Waals surface area contributed by atoms with Crippen LogP contribution >= 0.6 is 0 Å². The van der Waals surface area contributed by atoms with Crippen LogP contribution in [0.1, 0.15) is 22.0 Å². The number of hydrogen-bond acceptors (Lipinski definition) is 9. The minimum atomic E-state index is -1.17. The fourth-order valence-corrected chi connectivity index (χ4v) is 1.67. The number of carbonyl (C=O) groups is 1. The highest BCUT2D eigenvalue weighted by atomic mass is 16.4. The molecular weight excluding hydrogens is 266 g/mol. The van der Waals surface area contributed by atoms with E-state index in [-0.39, 0.29) is 36.5 Å². The molecule has 20 heavy (non-hydrogen) atoms. The standard InChI is InChI=1S/C9H13N9O2/c10-2-1-4-6(7(19)20)16-17-18(4)3-5-13-8(11)15-9(12)14-5/h1-3,10H2,(H,19,20)(H4,11,12,13,14,15). The van der Waals surface area contributed by atoms with Crippen molar-refractivity contribution < 1.29 is 9.90 Å². The Morgan fingerprint density at radius 2 is 1.85 bits per heavy atom. The second-order valence-electron chi connectivity index (χ2n) is 3.85. The molecule has 0 atom stereocenters. The van der Waals surface area contributed by atoms with Crippen molar-refractivity contribution in [2.45, 2.75) is 13.0 Å². The lowest BCUT2D eigenvalue weighted by molar-refractivity contribution is 0.0689. The molecule has 2 aromatic rings. The van der Waals surface area contributed by atoms with Gasteiger partial charge in [0, 0.05) is 6.42 Å². The Morgan fingerprint density at radius 3 is 2.40 bits per heavy atom. The van der Waals surface area contributed by atoms with Gasteiger partial charge in [-0.1, -0.05) is 5.21 Å². The number of aromatic carboxylic acids is 1. The number of anilines is 2. The highest BCUT2D eigenvalue weighted by Gasteiger charge is 2.19. The number of nitrogen functional groups attached to an aromatic ring is 2. The molecule has 0 spiro atoms. The zero-order valence-corrected chi connectivity index (χ0v) is 10.4. The van der Waals surface area contributed by atoms with Gasteiger partial charge in [0.1, 0.15) is 6.54 Å². The van der Waals surface area contributed by atoms with Crippen molar-refractivity contribution in [3.8, 4) is 0 Å². The van der Waals surface area contributed by atoms with Crippen molar-refractivity contribution in [3.63, 3.8) is 0 Å². The third-order valence-corrected chi connectivity index (χ3v) is 2.43. The third-order valence-electron chi connectivity index (χ3n) is 2.43. The van der Waals surface area contributed by atoms with Crippen molar-refractivity contribution in [2.24, 2.45) is 5.73 Å². The maximum atomic E-state index is 11.0. The molecule has 0 saturated heterocycles. The van der Waals surface area contributed by atoms with Crippen molar-refractivity contribution in [2.75, 3.05) is 18.0 Å². The van der Waals surface area contributed by atoms with Crippen LogP contribution in [-0.2, 0) is 13.0 Å². The summed E-state index contributed by atoms with van der Waals surface area (Å²) in [4.78, 5) is 22.5. The van der Waals surface area contributed by atoms with Crippen LogP contribution in [0.4, 0.5) is 11.9 Å². The van der Waals surface area contributed by atoms with E-state index in [2.05, 4.69) is 25.3 Å². The van der Waals surface area contributed by atoms with Crippen LogP contribution in [0.15, 0.2) is 0 Å². The molecule has 2 aromatic heterocycles. The van der Waals surface area contributed by atoms with Gasteiger partial charge in [0.05, 0.1) is 5.69 Å². The maximum Gasteiger partial charge on any atom is 0.358 e. The van der Waals surface area contributed by atoms with E-state index < -0.39 is 5.97 Å². The summed E-state index contributed by atoms with van der Waals surface area (Å²) in [5.41, 5.74) is 16.6. The molecule has 2 heterocycles. The number of carboxylic acids is 1. The summed E-state index contributed by atoms with van der Waals surface area (Å²) >= 11 is 0. The molecule has 0 aliphatic rings. The normalized spacial score (nSPS) is 10.7. The summed E-state index contributed by atoms with van der Waals surface area (Å²) in [5.74, 6) is -0.956. The van der Waals surface area contributed by atoms with Crippen LogP contribution in [0.3, 0.4) is 0 Å². The first-order valence-corrected chi connectivity index (χ1v) is 5.63. The molecule has 0 saturated carbocycles. The highest BCUT2D eigenvalue weighted by molar-refractivity contribution is 5.86. The molecule has 0 fully saturated rings. The van der Waals surface area contributed by atoms with E-state index in [0.717, 1.165) is 0 Å². The second-order valence-corrected chi connectivity index (χ2v) is 3.85. The zero-order chi connectivity index (χ0) is 14.7. The van der Waals surface area contributed by atoms with E-state index >= 15 is 0 Å². The van der Waals surface area contributed by atoms with Gasteiger partial charge >= 0.3 is 5.97 Å². The van der Waals surface area contributed by atoms with Crippen LogP contribution in [0.2, 0.25) is 0 Å². The van der Waals surface area contributed by atoms with Gasteiger partial charge in [-0.25, -0.2) is 9.48 Å². The summed E-state index contributed by atoms with van der Waals surface area (Å²) < 4.78 is 1.35. The Balaban J connectivity index is 2.35. The lowest BCUT2D eigenvalue weighted by Crippen LogP contribution is -2.16. The minimum absolute atomic E-state index is 0.0218. The number of nitrogens with two attached hydrogens (primary N) is 3. The molecule has 0 aliphatic heterocycles.